The van der Waals surface area contributed by atoms with Crippen molar-refractivity contribution in [3.8, 4) is 0 Å². The molecule has 3 aliphatic carbocycles. The summed E-state index contributed by atoms with van der Waals surface area (Å²) in [7, 11) is 1.03. The Hall–Kier alpha value is -2.74. The molecule has 1 spiro atoms. The average Bonchev–Trinajstić information content (AvgIpc) is 3.39. The number of aliphatic hydroxyl groups is 7. The molecule has 3 heterocycles. The fourth-order valence-electron chi connectivity index (χ4n) is 9.67. The third-order valence-electron chi connectivity index (χ3n) is 12.3. The van der Waals surface area contributed by atoms with E-state index in [0.717, 1.165) is 7.11 Å². The largest absolute Gasteiger partial charge is 0.467 e. The number of allylic oxidation sites excluding steroid dienone is 1. The zero-order chi connectivity index (χ0) is 36.1. The molecular weight excluding hydrogens is 656 g/mol. The van der Waals surface area contributed by atoms with Gasteiger partial charge in [-0.3, -0.25) is 9.59 Å². The van der Waals surface area contributed by atoms with E-state index in [9.17, 15) is 54.9 Å². The van der Waals surface area contributed by atoms with Gasteiger partial charge < -0.3 is 64.2 Å². The van der Waals surface area contributed by atoms with Gasteiger partial charge in [0.25, 0.3) is 0 Å². The second kappa shape index (κ2) is 12.2. The summed E-state index contributed by atoms with van der Waals surface area (Å²) in [5.41, 5.74) is -5.47. The lowest BCUT2D eigenvalue weighted by atomic mass is 9.37. The highest BCUT2D eigenvalue weighted by molar-refractivity contribution is 5.99. The Morgan fingerprint density at radius 1 is 1.02 bits per heavy atom. The molecule has 17 atom stereocenters. The number of hydrogen-bond donors (Lipinski definition) is 7. The maximum atomic E-state index is 14.0. The Morgan fingerprint density at radius 3 is 2.31 bits per heavy atom. The fraction of sp³-hybridized carbons (Fsp3) is 0.812. The lowest BCUT2D eigenvalue weighted by Crippen LogP contribution is -2.80. The smallest absolute Gasteiger partial charge is 0.348 e. The Kier molecular flexibility index (Phi) is 8.98. The monoisotopic (exact) mass is 700 g/mol. The van der Waals surface area contributed by atoms with Crippen LogP contribution in [-0.4, -0.2) is 147 Å². The van der Waals surface area contributed by atoms with Gasteiger partial charge in [0.15, 0.2) is 5.76 Å². The van der Waals surface area contributed by atoms with Crippen molar-refractivity contribution in [2.45, 2.75) is 107 Å². The number of carbonyl (C=O) groups excluding carboxylic acids is 4. The number of ether oxygens (including phenoxy) is 6. The van der Waals surface area contributed by atoms with Gasteiger partial charge in [-0.15, -0.1) is 0 Å². The highest BCUT2D eigenvalue weighted by Crippen LogP contribution is 2.73. The lowest BCUT2D eigenvalue weighted by molar-refractivity contribution is -0.303. The summed E-state index contributed by atoms with van der Waals surface area (Å²) in [6.45, 7) is 5.13. The van der Waals surface area contributed by atoms with Crippen LogP contribution in [0.1, 0.15) is 40.5 Å². The van der Waals surface area contributed by atoms with Crippen molar-refractivity contribution in [3.63, 3.8) is 0 Å². The van der Waals surface area contributed by atoms with E-state index in [1.165, 1.54) is 13.8 Å². The Morgan fingerprint density at radius 2 is 1.69 bits per heavy atom. The Labute approximate surface area is 280 Å². The number of aliphatic hydroxyl groups excluding tert-OH is 7. The van der Waals surface area contributed by atoms with Crippen LogP contribution in [-0.2, 0) is 47.6 Å². The van der Waals surface area contributed by atoms with Crippen LogP contribution in [0.15, 0.2) is 11.3 Å². The summed E-state index contributed by atoms with van der Waals surface area (Å²) in [6.07, 6.45) is -17.2. The minimum atomic E-state index is -2.39. The summed E-state index contributed by atoms with van der Waals surface area (Å²) in [5, 5.41) is 76.3. The number of Topliss-reactive ketones (excluding diaryl/α,β-unsaturated/α-hetero) is 1. The molecule has 0 aromatic heterocycles. The van der Waals surface area contributed by atoms with Gasteiger partial charge in [-0.1, -0.05) is 20.8 Å². The van der Waals surface area contributed by atoms with Gasteiger partial charge in [-0.25, -0.2) is 9.59 Å². The molecular formula is C32H44O17. The standard InChI is InChI=1S/C32H44O17/c1-6-10(2)26(41)48-21-23-31-9-45-32(23,29(43)44-5)25(40)19(38)22(31)30(4)12(7-14(31)47-27(21)42)11(3)20(18(37)24(30)39)49-28-17(36)16(35)15(34)13(8-33)46-28/h10,12-17,19,21-25,28,33-36,38-40H,6-9H2,1-5H3/t10-,12-,13+,14+,15+,16-,17+,19+,21+,22+,23+,24+,25-,28-,30-,31+,32-/m0/s1. The van der Waals surface area contributed by atoms with E-state index < -0.39 is 144 Å². The van der Waals surface area contributed by atoms with Gasteiger partial charge in [-0.2, -0.15) is 0 Å². The second-order valence-corrected chi connectivity index (χ2v) is 14.4. The number of methoxy groups -OCH3 is 1. The first-order valence-electron chi connectivity index (χ1n) is 16.4. The van der Waals surface area contributed by atoms with E-state index in [-0.39, 0.29) is 12.0 Å². The molecule has 0 radical (unpaired) electrons. The Bertz CT molecular complexity index is 1430. The number of esters is 3. The first-order chi connectivity index (χ1) is 23.0. The SMILES string of the molecule is CC[C@H](C)C(=O)O[C@H]1C(=O)O[C@@H]2C[C@H]3C(C)=C(O[C@@H]4O[C@H](CO)[C@@H](O)[C@H](O)[C@H]4O)C(=O)[C@@H](O)[C@]3(C)[C@H]3[C@@H](O)[C@H](O)[C@@]4(C(=O)OC)OC[C@]32[C@@H]14. The molecule has 2 saturated carbocycles. The predicted octanol–water partition coefficient (Wildman–Crippen LogP) is -3.17. The van der Waals surface area contributed by atoms with Gasteiger partial charge >= 0.3 is 17.9 Å². The molecule has 7 N–H and O–H groups in total. The molecule has 5 fully saturated rings. The normalized spacial score (nSPS) is 49.3. The summed E-state index contributed by atoms with van der Waals surface area (Å²) < 4.78 is 34.0. The number of hydrogen-bond acceptors (Lipinski definition) is 17. The van der Waals surface area contributed by atoms with E-state index in [2.05, 4.69) is 0 Å². The topological polar surface area (TPSA) is 265 Å². The predicted molar refractivity (Wildman–Crippen MR) is 156 cm³/mol. The van der Waals surface area contributed by atoms with Crippen molar-refractivity contribution in [2.24, 2.45) is 34.5 Å². The third kappa shape index (κ3) is 4.56. The van der Waals surface area contributed by atoms with Crippen LogP contribution in [0.3, 0.4) is 0 Å². The highest BCUT2D eigenvalue weighted by Gasteiger charge is 2.86. The first-order valence-corrected chi connectivity index (χ1v) is 16.4. The molecule has 3 aliphatic heterocycles. The fourth-order valence-corrected chi connectivity index (χ4v) is 9.67. The number of fused-ring (bicyclic) bond motifs is 2. The first kappa shape index (κ1) is 36.1. The number of carbonyl (C=O) groups is 4. The molecule has 0 unspecified atom stereocenters. The van der Waals surface area contributed by atoms with Gasteiger partial charge in [0, 0.05) is 16.7 Å². The van der Waals surface area contributed by atoms with E-state index in [1.54, 1.807) is 13.8 Å². The maximum absolute atomic E-state index is 14.0. The van der Waals surface area contributed by atoms with Crippen molar-refractivity contribution in [3.05, 3.63) is 11.3 Å². The third-order valence-corrected chi connectivity index (χ3v) is 12.3. The Balaban J connectivity index is 1.47. The van der Waals surface area contributed by atoms with Crippen LogP contribution in [0.25, 0.3) is 0 Å². The zero-order valence-electron chi connectivity index (χ0n) is 27.6. The number of rotatable bonds is 7. The van der Waals surface area contributed by atoms with Crippen LogP contribution in [0, 0.1) is 34.5 Å². The van der Waals surface area contributed by atoms with Crippen LogP contribution >= 0.6 is 0 Å². The minimum absolute atomic E-state index is 0.123. The van der Waals surface area contributed by atoms with Gasteiger partial charge in [0.05, 0.1) is 38.3 Å². The van der Waals surface area contributed by atoms with Gasteiger partial charge in [0.2, 0.25) is 23.8 Å². The lowest BCUT2D eigenvalue weighted by Gasteiger charge is -2.67. The van der Waals surface area contributed by atoms with Gasteiger partial charge in [0.1, 0.15) is 42.7 Å². The summed E-state index contributed by atoms with van der Waals surface area (Å²) in [4.78, 5) is 54.5. The van der Waals surface area contributed by atoms with Crippen molar-refractivity contribution < 1.29 is 83.3 Å². The van der Waals surface area contributed by atoms with Crippen LogP contribution in [0.5, 0.6) is 0 Å². The quantitative estimate of drug-likeness (QED) is 0.102. The molecule has 17 nitrogen and oxygen atoms in total. The maximum Gasteiger partial charge on any atom is 0.348 e. The molecule has 274 valence electrons. The van der Waals surface area contributed by atoms with Crippen molar-refractivity contribution in [1.82, 2.24) is 0 Å². The van der Waals surface area contributed by atoms with Crippen LogP contribution in [0.2, 0.25) is 0 Å². The summed E-state index contributed by atoms with van der Waals surface area (Å²) in [6, 6.07) is 0. The molecule has 49 heavy (non-hydrogen) atoms. The number of ketones is 1. The molecule has 0 aromatic rings. The molecule has 2 bridgehead atoms. The van der Waals surface area contributed by atoms with Crippen LogP contribution in [0.4, 0.5) is 0 Å². The molecule has 3 saturated heterocycles. The molecule has 0 aromatic carbocycles. The molecule has 0 amide bonds. The minimum Gasteiger partial charge on any atom is -0.467 e. The van der Waals surface area contributed by atoms with Crippen molar-refractivity contribution in [1.29, 1.82) is 0 Å². The van der Waals surface area contributed by atoms with Crippen LogP contribution < -0.4 is 0 Å². The van der Waals surface area contributed by atoms with E-state index in [1.807, 2.05) is 0 Å². The highest BCUT2D eigenvalue weighted by atomic mass is 16.7. The summed E-state index contributed by atoms with van der Waals surface area (Å²) in [5.74, 6) is -8.80. The molecule has 17 heteroatoms. The average molecular weight is 701 g/mol. The van der Waals surface area contributed by atoms with Crippen molar-refractivity contribution in [2.75, 3.05) is 20.3 Å². The second-order valence-electron chi connectivity index (χ2n) is 14.4. The van der Waals surface area contributed by atoms with Crippen molar-refractivity contribution >= 4 is 23.7 Å². The molecule has 6 rings (SSSR count). The summed E-state index contributed by atoms with van der Waals surface area (Å²) >= 11 is 0. The van der Waals surface area contributed by atoms with Gasteiger partial charge in [-0.05, 0) is 31.3 Å². The molecule has 6 aliphatic rings. The van der Waals surface area contributed by atoms with E-state index >= 15 is 0 Å². The zero-order valence-corrected chi connectivity index (χ0v) is 27.6. The van der Waals surface area contributed by atoms with E-state index in [0.29, 0.717) is 6.42 Å². The van der Waals surface area contributed by atoms with E-state index in [4.69, 9.17) is 28.4 Å².